The Bertz CT molecular complexity index is 546. The van der Waals surface area contributed by atoms with Crippen molar-refractivity contribution in [1.29, 1.82) is 0 Å². The van der Waals surface area contributed by atoms with E-state index in [4.69, 9.17) is 10.5 Å². The third-order valence-corrected chi connectivity index (χ3v) is 3.53. The summed E-state index contributed by atoms with van der Waals surface area (Å²) in [7, 11) is 0. The maximum atomic E-state index is 6.13. The molecule has 0 aromatic heterocycles. The topological polar surface area (TPSA) is 35.2 Å². The molecule has 0 amide bonds. The highest BCUT2D eigenvalue weighted by Crippen LogP contribution is 2.30. The van der Waals surface area contributed by atoms with E-state index in [-0.39, 0.29) is 6.04 Å². The SMILES string of the molecule is CCC(N)c1ccccc1Oc1ccc(C(C)C)cc1. The van der Waals surface area contributed by atoms with Crippen molar-refractivity contribution in [3.8, 4) is 11.5 Å². The summed E-state index contributed by atoms with van der Waals surface area (Å²) in [6.45, 7) is 6.45. The summed E-state index contributed by atoms with van der Waals surface area (Å²) in [6.07, 6.45) is 0.895. The van der Waals surface area contributed by atoms with Crippen molar-refractivity contribution >= 4 is 0 Å². The van der Waals surface area contributed by atoms with Crippen LogP contribution < -0.4 is 10.5 Å². The fourth-order valence-electron chi connectivity index (χ4n) is 2.15. The van der Waals surface area contributed by atoms with E-state index in [2.05, 4.69) is 32.9 Å². The van der Waals surface area contributed by atoms with Crippen molar-refractivity contribution in [1.82, 2.24) is 0 Å². The van der Waals surface area contributed by atoms with Gasteiger partial charge in [-0.15, -0.1) is 0 Å². The molecule has 0 spiro atoms. The van der Waals surface area contributed by atoms with E-state index in [1.165, 1.54) is 5.56 Å². The highest BCUT2D eigenvalue weighted by atomic mass is 16.5. The Morgan fingerprint density at radius 2 is 1.65 bits per heavy atom. The monoisotopic (exact) mass is 269 g/mol. The van der Waals surface area contributed by atoms with Crippen molar-refractivity contribution in [2.24, 2.45) is 5.73 Å². The summed E-state index contributed by atoms with van der Waals surface area (Å²) in [4.78, 5) is 0. The van der Waals surface area contributed by atoms with Gasteiger partial charge in [0.25, 0.3) is 0 Å². The van der Waals surface area contributed by atoms with Crippen LogP contribution in [0, 0.1) is 0 Å². The number of benzene rings is 2. The molecule has 2 N–H and O–H groups in total. The van der Waals surface area contributed by atoms with Gasteiger partial charge in [0, 0.05) is 11.6 Å². The van der Waals surface area contributed by atoms with E-state index in [9.17, 15) is 0 Å². The lowest BCUT2D eigenvalue weighted by atomic mass is 10.0. The summed E-state index contributed by atoms with van der Waals surface area (Å²) >= 11 is 0. The molecule has 2 rings (SSSR count). The van der Waals surface area contributed by atoms with Crippen molar-refractivity contribution in [3.05, 3.63) is 59.7 Å². The van der Waals surface area contributed by atoms with Crippen LogP contribution in [0.1, 0.15) is 50.3 Å². The van der Waals surface area contributed by atoms with Gasteiger partial charge in [-0.25, -0.2) is 0 Å². The number of hydrogen-bond donors (Lipinski definition) is 1. The minimum Gasteiger partial charge on any atom is -0.457 e. The molecule has 0 radical (unpaired) electrons. The van der Waals surface area contributed by atoms with Crippen molar-refractivity contribution in [2.45, 2.75) is 39.2 Å². The Balaban J connectivity index is 2.21. The van der Waals surface area contributed by atoms with Crippen molar-refractivity contribution < 1.29 is 4.74 Å². The second-order valence-electron chi connectivity index (χ2n) is 5.38. The summed E-state index contributed by atoms with van der Waals surface area (Å²) < 4.78 is 5.99. The van der Waals surface area contributed by atoms with Gasteiger partial charge in [-0.3, -0.25) is 0 Å². The molecule has 0 fully saturated rings. The van der Waals surface area contributed by atoms with E-state index >= 15 is 0 Å². The second kappa shape index (κ2) is 6.58. The molecule has 0 bridgehead atoms. The molecular formula is C18H23NO. The maximum Gasteiger partial charge on any atom is 0.132 e. The lowest BCUT2D eigenvalue weighted by Crippen LogP contribution is -2.09. The number of rotatable bonds is 5. The minimum atomic E-state index is 0.0149. The Labute approximate surface area is 121 Å². The Kier molecular flexibility index (Phi) is 4.80. The lowest BCUT2D eigenvalue weighted by Gasteiger charge is -2.15. The first-order chi connectivity index (χ1) is 9.61. The summed E-state index contributed by atoms with van der Waals surface area (Å²) in [5.41, 5.74) is 8.51. The zero-order valence-electron chi connectivity index (χ0n) is 12.5. The van der Waals surface area contributed by atoms with E-state index in [0.29, 0.717) is 5.92 Å². The smallest absolute Gasteiger partial charge is 0.132 e. The van der Waals surface area contributed by atoms with E-state index in [1.54, 1.807) is 0 Å². The first kappa shape index (κ1) is 14.6. The number of ether oxygens (including phenoxy) is 1. The van der Waals surface area contributed by atoms with Crippen LogP contribution in [-0.4, -0.2) is 0 Å². The molecule has 20 heavy (non-hydrogen) atoms. The zero-order valence-corrected chi connectivity index (χ0v) is 12.5. The molecule has 0 aliphatic rings. The van der Waals surface area contributed by atoms with Gasteiger partial charge in [0.1, 0.15) is 11.5 Å². The van der Waals surface area contributed by atoms with Gasteiger partial charge < -0.3 is 10.5 Å². The van der Waals surface area contributed by atoms with Crippen LogP contribution in [0.5, 0.6) is 11.5 Å². The normalized spacial score (nSPS) is 12.4. The van der Waals surface area contributed by atoms with Gasteiger partial charge in [-0.05, 0) is 36.1 Å². The van der Waals surface area contributed by atoms with Crippen LogP contribution >= 0.6 is 0 Å². The fourth-order valence-corrected chi connectivity index (χ4v) is 2.15. The van der Waals surface area contributed by atoms with Gasteiger partial charge >= 0.3 is 0 Å². The molecule has 1 unspecified atom stereocenters. The molecule has 0 saturated heterocycles. The number of para-hydroxylation sites is 1. The number of nitrogens with two attached hydrogens (primary N) is 1. The highest BCUT2D eigenvalue weighted by molar-refractivity contribution is 5.40. The van der Waals surface area contributed by atoms with Gasteiger partial charge in [0.2, 0.25) is 0 Å². The zero-order chi connectivity index (χ0) is 14.5. The summed E-state index contributed by atoms with van der Waals surface area (Å²) in [5.74, 6) is 2.23. The van der Waals surface area contributed by atoms with E-state index < -0.39 is 0 Å². The highest BCUT2D eigenvalue weighted by Gasteiger charge is 2.10. The lowest BCUT2D eigenvalue weighted by molar-refractivity contribution is 0.468. The van der Waals surface area contributed by atoms with E-state index in [0.717, 1.165) is 23.5 Å². The van der Waals surface area contributed by atoms with Crippen LogP contribution in [-0.2, 0) is 0 Å². The third-order valence-electron chi connectivity index (χ3n) is 3.53. The molecule has 0 aliphatic heterocycles. The maximum absolute atomic E-state index is 6.13. The molecule has 0 saturated carbocycles. The predicted octanol–water partition coefficient (Wildman–Crippen LogP) is 5.01. The van der Waals surface area contributed by atoms with E-state index in [1.807, 2.05) is 36.4 Å². The molecule has 0 aliphatic carbocycles. The molecule has 2 aromatic rings. The quantitative estimate of drug-likeness (QED) is 0.827. The average molecular weight is 269 g/mol. The molecule has 2 nitrogen and oxygen atoms in total. The molecule has 1 atom stereocenters. The van der Waals surface area contributed by atoms with Crippen LogP contribution in [0.4, 0.5) is 0 Å². The predicted molar refractivity (Wildman–Crippen MR) is 84.3 cm³/mol. The Morgan fingerprint density at radius 1 is 1.00 bits per heavy atom. The largest absolute Gasteiger partial charge is 0.457 e. The number of hydrogen-bond acceptors (Lipinski definition) is 2. The second-order valence-corrected chi connectivity index (χ2v) is 5.38. The summed E-state index contributed by atoms with van der Waals surface area (Å²) in [6, 6.07) is 16.3. The summed E-state index contributed by atoms with van der Waals surface area (Å²) in [5, 5.41) is 0. The Hall–Kier alpha value is -1.80. The first-order valence-corrected chi connectivity index (χ1v) is 7.24. The van der Waals surface area contributed by atoms with Crippen LogP contribution in [0.2, 0.25) is 0 Å². The van der Waals surface area contributed by atoms with Gasteiger partial charge in [0.05, 0.1) is 0 Å². The molecule has 0 heterocycles. The molecule has 2 aromatic carbocycles. The Morgan fingerprint density at radius 3 is 2.25 bits per heavy atom. The standard InChI is InChI=1S/C18H23NO/c1-4-17(19)16-7-5-6-8-18(16)20-15-11-9-14(10-12-15)13(2)3/h5-13,17H,4,19H2,1-3H3. The molecule has 2 heteroatoms. The first-order valence-electron chi connectivity index (χ1n) is 7.24. The molecular weight excluding hydrogens is 246 g/mol. The third kappa shape index (κ3) is 3.40. The average Bonchev–Trinajstić information content (AvgIpc) is 2.47. The van der Waals surface area contributed by atoms with Crippen LogP contribution in [0.3, 0.4) is 0 Å². The van der Waals surface area contributed by atoms with Crippen LogP contribution in [0.25, 0.3) is 0 Å². The molecule has 106 valence electrons. The van der Waals surface area contributed by atoms with Gasteiger partial charge in [-0.1, -0.05) is 51.1 Å². The van der Waals surface area contributed by atoms with Crippen molar-refractivity contribution in [3.63, 3.8) is 0 Å². The minimum absolute atomic E-state index is 0.0149. The van der Waals surface area contributed by atoms with Gasteiger partial charge in [0.15, 0.2) is 0 Å². The van der Waals surface area contributed by atoms with Crippen molar-refractivity contribution in [2.75, 3.05) is 0 Å². The van der Waals surface area contributed by atoms with Crippen LogP contribution in [0.15, 0.2) is 48.5 Å². The van der Waals surface area contributed by atoms with Gasteiger partial charge in [-0.2, -0.15) is 0 Å². The fraction of sp³-hybridized carbons (Fsp3) is 0.333.